The maximum absolute atomic E-state index is 12.6. The lowest BCUT2D eigenvalue weighted by atomic mass is 9.89. The van der Waals surface area contributed by atoms with Crippen molar-refractivity contribution in [3.8, 4) is 0 Å². The number of allylic oxidation sites excluding steroid dienone is 1. The Bertz CT molecular complexity index is 1140. The molecule has 0 heterocycles. The lowest BCUT2D eigenvalue weighted by molar-refractivity contribution is -0.160. The van der Waals surface area contributed by atoms with Crippen LogP contribution in [0.2, 0.25) is 0 Å². The first-order valence-electron chi connectivity index (χ1n) is 20.1. The molecule has 1 aliphatic carbocycles. The maximum atomic E-state index is 12.6. The van der Waals surface area contributed by atoms with Crippen LogP contribution in [0.1, 0.15) is 142 Å². The van der Waals surface area contributed by atoms with E-state index < -0.39 is 76.0 Å². The average molecular weight is 792 g/mol. The van der Waals surface area contributed by atoms with E-state index >= 15 is 0 Å². The summed E-state index contributed by atoms with van der Waals surface area (Å²) in [5.74, 6) is -3.37. The number of carboxylic acids is 1. The molecule has 1 rings (SSSR count). The SMILES string of the molecule is CCCCCCCCCCCCCCC(=O)O[C@H](COC(=O)C/C=C\C[C@H]1[C@@H](/C=C/[C@H](O)CCCCC)[C@H](O)C[C@@H]1O)COP(=O)(O)OC[C@H](N)C(=O)O. The Morgan fingerprint density at radius 1 is 0.796 bits per heavy atom. The minimum atomic E-state index is -4.79. The van der Waals surface area contributed by atoms with Crippen LogP contribution in [0.3, 0.4) is 0 Å². The summed E-state index contributed by atoms with van der Waals surface area (Å²) in [4.78, 5) is 46.1. The first-order chi connectivity index (χ1) is 25.8. The lowest BCUT2D eigenvalue weighted by Gasteiger charge is -2.20. The van der Waals surface area contributed by atoms with Crippen molar-refractivity contribution in [2.24, 2.45) is 17.6 Å². The van der Waals surface area contributed by atoms with Gasteiger partial charge in [0, 0.05) is 18.8 Å². The summed E-state index contributed by atoms with van der Waals surface area (Å²) in [7, 11) is -4.79. The van der Waals surface area contributed by atoms with E-state index in [-0.39, 0.29) is 31.1 Å². The zero-order chi connectivity index (χ0) is 40.2. The van der Waals surface area contributed by atoms with Crippen LogP contribution < -0.4 is 5.73 Å². The van der Waals surface area contributed by atoms with Gasteiger partial charge in [0.2, 0.25) is 0 Å². The number of aliphatic hydroxyl groups is 3. The second-order valence-corrected chi connectivity index (χ2v) is 15.9. The molecule has 54 heavy (non-hydrogen) atoms. The highest BCUT2D eigenvalue weighted by Gasteiger charge is 2.39. The molecule has 0 saturated heterocycles. The van der Waals surface area contributed by atoms with Crippen molar-refractivity contribution in [1.29, 1.82) is 0 Å². The number of hydrogen-bond donors (Lipinski definition) is 6. The summed E-state index contributed by atoms with van der Waals surface area (Å²) in [6.45, 7) is 2.34. The third-order valence-electron chi connectivity index (χ3n) is 9.56. The molecule has 1 saturated carbocycles. The zero-order valence-electron chi connectivity index (χ0n) is 32.6. The molecule has 1 unspecified atom stereocenters. The van der Waals surface area contributed by atoms with Crippen molar-refractivity contribution in [3.05, 3.63) is 24.3 Å². The van der Waals surface area contributed by atoms with Gasteiger partial charge in [-0.25, -0.2) is 4.57 Å². The summed E-state index contributed by atoms with van der Waals surface area (Å²) < 4.78 is 32.5. The molecule has 0 spiro atoms. The minimum Gasteiger partial charge on any atom is -0.480 e. The van der Waals surface area contributed by atoms with Gasteiger partial charge in [0.25, 0.3) is 0 Å². The van der Waals surface area contributed by atoms with Gasteiger partial charge in [-0.3, -0.25) is 23.4 Å². The molecule has 14 nitrogen and oxygen atoms in total. The van der Waals surface area contributed by atoms with Crippen LogP contribution in [0.4, 0.5) is 0 Å². The molecule has 1 fully saturated rings. The smallest absolute Gasteiger partial charge is 0.472 e. The highest BCUT2D eigenvalue weighted by Crippen LogP contribution is 2.43. The Morgan fingerprint density at radius 2 is 1.37 bits per heavy atom. The third-order valence-corrected chi connectivity index (χ3v) is 10.5. The molecule has 0 aromatic rings. The molecule has 8 atom stereocenters. The van der Waals surface area contributed by atoms with Crippen LogP contribution in [0, 0.1) is 11.8 Å². The molecule has 1 aliphatic rings. The molecular formula is C39H70NO13P. The van der Waals surface area contributed by atoms with Crippen molar-refractivity contribution < 1.29 is 62.8 Å². The maximum Gasteiger partial charge on any atom is 0.472 e. The fraction of sp³-hybridized carbons (Fsp3) is 0.821. The van der Waals surface area contributed by atoms with E-state index in [1.165, 1.54) is 44.9 Å². The second kappa shape index (κ2) is 30.0. The van der Waals surface area contributed by atoms with Crippen LogP contribution in [0.25, 0.3) is 0 Å². The number of carbonyl (C=O) groups excluding carboxylic acids is 2. The molecular weight excluding hydrogens is 721 g/mol. The normalized spacial score (nSPS) is 21.6. The summed E-state index contributed by atoms with van der Waals surface area (Å²) >= 11 is 0. The van der Waals surface area contributed by atoms with E-state index in [1.54, 1.807) is 24.3 Å². The monoisotopic (exact) mass is 791 g/mol. The number of unbranched alkanes of at least 4 members (excludes halogenated alkanes) is 13. The zero-order valence-corrected chi connectivity index (χ0v) is 33.5. The van der Waals surface area contributed by atoms with Crippen molar-refractivity contribution in [1.82, 2.24) is 0 Å². The van der Waals surface area contributed by atoms with Crippen LogP contribution >= 0.6 is 7.82 Å². The fourth-order valence-electron chi connectivity index (χ4n) is 6.27. The number of esters is 2. The van der Waals surface area contributed by atoms with E-state index in [9.17, 15) is 39.2 Å². The molecule has 0 radical (unpaired) electrons. The van der Waals surface area contributed by atoms with Gasteiger partial charge in [0.15, 0.2) is 6.10 Å². The van der Waals surface area contributed by atoms with E-state index in [1.807, 2.05) is 0 Å². The number of ether oxygens (including phenoxy) is 2. The number of hydrogen-bond acceptors (Lipinski definition) is 12. The molecule has 0 aliphatic heterocycles. The van der Waals surface area contributed by atoms with Crippen molar-refractivity contribution in [3.63, 3.8) is 0 Å². The van der Waals surface area contributed by atoms with Gasteiger partial charge in [-0.2, -0.15) is 0 Å². The van der Waals surface area contributed by atoms with E-state index in [0.717, 1.165) is 44.9 Å². The molecule has 0 amide bonds. The van der Waals surface area contributed by atoms with Gasteiger partial charge >= 0.3 is 25.7 Å². The number of nitrogens with two attached hydrogens (primary N) is 1. The average Bonchev–Trinajstić information content (AvgIpc) is 3.40. The fourth-order valence-corrected chi connectivity index (χ4v) is 7.05. The Labute approximate surface area is 322 Å². The molecule has 15 heteroatoms. The Hall–Kier alpha value is -2.16. The van der Waals surface area contributed by atoms with E-state index in [0.29, 0.717) is 19.3 Å². The number of carboxylic acid groups (broad SMARTS) is 1. The van der Waals surface area contributed by atoms with Crippen LogP contribution in [0.15, 0.2) is 24.3 Å². The van der Waals surface area contributed by atoms with Gasteiger partial charge in [0.1, 0.15) is 12.6 Å². The van der Waals surface area contributed by atoms with Crippen LogP contribution in [-0.4, -0.2) is 93.5 Å². The predicted octanol–water partition coefficient (Wildman–Crippen LogP) is 6.27. The molecule has 314 valence electrons. The molecule has 0 aromatic carbocycles. The van der Waals surface area contributed by atoms with Gasteiger partial charge in [0.05, 0.1) is 37.9 Å². The van der Waals surface area contributed by atoms with Gasteiger partial charge < -0.3 is 40.5 Å². The summed E-state index contributed by atoms with van der Waals surface area (Å²) in [6, 6.07) is -1.56. The van der Waals surface area contributed by atoms with E-state index in [4.69, 9.17) is 24.8 Å². The lowest BCUT2D eigenvalue weighted by Crippen LogP contribution is -2.34. The standard InChI is InChI=1S/C39H70NO13P/c1-3-5-7-8-9-10-11-12-13-14-15-17-23-38(45)53-31(28-51-54(48,49)52-29-34(40)39(46)47)27-50-37(44)22-19-18-21-32-33(36(43)26-35(32)42)25-24-30(41)20-16-6-4-2/h18-19,24-25,30-36,41-43H,3-17,20-23,26-29,40H2,1-2H3,(H,46,47)(H,48,49)/b19-18-,25-24+/t30-,31-,32+,33-,34+,35+,36-/m1/s1. The molecule has 0 aromatic heterocycles. The highest BCUT2D eigenvalue weighted by molar-refractivity contribution is 7.47. The van der Waals surface area contributed by atoms with E-state index in [2.05, 4.69) is 18.4 Å². The number of phosphoric acid groups is 1. The Morgan fingerprint density at radius 3 is 1.98 bits per heavy atom. The van der Waals surface area contributed by atoms with Crippen molar-refractivity contribution in [2.75, 3.05) is 19.8 Å². The topological polar surface area (TPSA) is 232 Å². The molecule has 7 N–H and O–H groups in total. The number of aliphatic carboxylic acids is 1. The largest absolute Gasteiger partial charge is 0.480 e. The Kier molecular flexibility index (Phi) is 27.7. The van der Waals surface area contributed by atoms with Crippen LogP contribution in [0.5, 0.6) is 0 Å². The summed E-state index contributed by atoms with van der Waals surface area (Å²) in [5, 5.41) is 40.1. The van der Waals surface area contributed by atoms with Crippen molar-refractivity contribution in [2.45, 2.75) is 173 Å². The second-order valence-electron chi connectivity index (χ2n) is 14.4. The molecule has 0 bridgehead atoms. The number of phosphoric ester groups is 1. The van der Waals surface area contributed by atoms with Gasteiger partial charge in [-0.15, -0.1) is 0 Å². The minimum absolute atomic E-state index is 0.0983. The predicted molar refractivity (Wildman–Crippen MR) is 205 cm³/mol. The Balaban J connectivity index is 2.61. The number of carbonyl (C=O) groups is 3. The third kappa shape index (κ3) is 24.4. The van der Waals surface area contributed by atoms with Gasteiger partial charge in [-0.1, -0.05) is 128 Å². The first-order valence-corrected chi connectivity index (χ1v) is 21.6. The van der Waals surface area contributed by atoms with Crippen LogP contribution in [-0.2, 0) is 37.5 Å². The summed E-state index contributed by atoms with van der Waals surface area (Å²) in [6.07, 6.45) is 21.0. The number of aliphatic hydroxyl groups excluding tert-OH is 3. The van der Waals surface area contributed by atoms with Gasteiger partial charge in [-0.05, 0) is 25.2 Å². The number of rotatable bonds is 33. The summed E-state index contributed by atoms with van der Waals surface area (Å²) in [5.41, 5.74) is 5.31. The van der Waals surface area contributed by atoms with Crippen molar-refractivity contribution >= 4 is 25.7 Å². The first kappa shape index (κ1) is 49.9. The quantitative estimate of drug-likeness (QED) is 0.0186. The highest BCUT2D eigenvalue weighted by atomic mass is 31.2.